The van der Waals surface area contributed by atoms with E-state index in [2.05, 4.69) is 26.0 Å². The van der Waals surface area contributed by atoms with Crippen LogP contribution in [-0.2, 0) is 20.8 Å². The number of benzene rings is 1. The third-order valence-corrected chi connectivity index (χ3v) is 3.57. The van der Waals surface area contributed by atoms with Crippen LogP contribution < -0.4 is 5.32 Å². The van der Waals surface area contributed by atoms with Gasteiger partial charge in [-0.2, -0.15) is 0 Å². The Morgan fingerprint density at radius 1 is 1.33 bits per heavy atom. The highest BCUT2D eigenvalue weighted by Gasteiger charge is 2.08. The first-order chi connectivity index (χ1) is 10.1. The monoisotopic (exact) mass is 357 g/mol. The summed E-state index contributed by atoms with van der Waals surface area (Å²) in [7, 11) is 1.36. The molecule has 1 N–H and O–H groups in total. The van der Waals surface area contributed by atoms with Crippen LogP contribution in [0.15, 0.2) is 22.7 Å². The van der Waals surface area contributed by atoms with E-state index in [4.69, 9.17) is 4.74 Å². The lowest BCUT2D eigenvalue weighted by molar-refractivity contribution is -0.143. The number of ether oxygens (including phenoxy) is 2. The Morgan fingerprint density at radius 2 is 2.10 bits per heavy atom. The molecule has 0 unspecified atom stereocenters. The lowest BCUT2D eigenvalue weighted by atomic mass is 10.1. The molecule has 5 nitrogen and oxygen atoms in total. The number of methoxy groups -OCH3 is 1. The van der Waals surface area contributed by atoms with Gasteiger partial charge in [0.25, 0.3) is 0 Å². The highest BCUT2D eigenvalue weighted by Crippen LogP contribution is 2.19. The molecule has 0 bridgehead atoms. The average Bonchev–Trinajstić information content (AvgIpc) is 2.47. The molecule has 1 rings (SSSR count). The van der Waals surface area contributed by atoms with Crippen molar-refractivity contribution in [3.63, 3.8) is 0 Å². The maximum Gasteiger partial charge on any atom is 0.337 e. The van der Waals surface area contributed by atoms with Crippen LogP contribution in [0.2, 0.25) is 0 Å². The van der Waals surface area contributed by atoms with E-state index in [-0.39, 0.29) is 11.9 Å². The zero-order valence-corrected chi connectivity index (χ0v) is 13.9. The summed E-state index contributed by atoms with van der Waals surface area (Å²) in [6.45, 7) is 3.60. The molecule has 1 aromatic carbocycles. The second-order valence-corrected chi connectivity index (χ2v) is 5.24. The molecule has 0 fully saturated rings. The van der Waals surface area contributed by atoms with E-state index in [1.165, 1.54) is 7.11 Å². The number of rotatable bonds is 8. The van der Waals surface area contributed by atoms with Gasteiger partial charge >= 0.3 is 11.9 Å². The maximum absolute atomic E-state index is 11.4. The summed E-state index contributed by atoms with van der Waals surface area (Å²) in [5.41, 5.74) is 1.55. The third-order valence-electron chi connectivity index (χ3n) is 2.83. The van der Waals surface area contributed by atoms with Gasteiger partial charge < -0.3 is 14.8 Å². The Bertz CT molecular complexity index is 491. The second-order valence-electron chi connectivity index (χ2n) is 4.38. The number of hydrogen-bond donors (Lipinski definition) is 1. The number of esters is 2. The van der Waals surface area contributed by atoms with Crippen molar-refractivity contribution in [3.05, 3.63) is 33.8 Å². The molecule has 0 aliphatic carbocycles. The van der Waals surface area contributed by atoms with Gasteiger partial charge in [-0.3, -0.25) is 4.79 Å². The lowest BCUT2D eigenvalue weighted by Crippen LogP contribution is -2.17. The second kappa shape index (κ2) is 9.52. The molecule has 0 atom stereocenters. The summed E-state index contributed by atoms with van der Waals surface area (Å²) >= 11 is 3.44. The van der Waals surface area contributed by atoms with Gasteiger partial charge in [-0.05, 0) is 37.6 Å². The van der Waals surface area contributed by atoms with Gasteiger partial charge in [-0.15, -0.1) is 0 Å². The average molecular weight is 358 g/mol. The molecule has 0 amide bonds. The first-order valence-electron chi connectivity index (χ1n) is 6.81. The fraction of sp³-hybridized carbons (Fsp3) is 0.467. The van der Waals surface area contributed by atoms with E-state index < -0.39 is 0 Å². The zero-order valence-electron chi connectivity index (χ0n) is 12.3. The number of hydrogen-bond acceptors (Lipinski definition) is 5. The third kappa shape index (κ3) is 6.27. The largest absolute Gasteiger partial charge is 0.466 e. The molecule has 0 aliphatic heterocycles. The normalized spacial score (nSPS) is 10.2. The predicted molar refractivity (Wildman–Crippen MR) is 83.1 cm³/mol. The summed E-state index contributed by atoms with van der Waals surface area (Å²) in [6.07, 6.45) is 1.15. The SMILES string of the molecule is CCOC(=O)CCCNCc1ccc(C(=O)OC)cc1Br. The predicted octanol–water partition coefficient (Wildman–Crippen LogP) is 2.67. The molecule has 0 aromatic heterocycles. The minimum atomic E-state index is -0.357. The Hall–Kier alpha value is -1.40. The van der Waals surface area contributed by atoms with Crippen LogP contribution in [0.4, 0.5) is 0 Å². The van der Waals surface area contributed by atoms with Crippen LogP contribution in [0, 0.1) is 0 Å². The Morgan fingerprint density at radius 3 is 2.71 bits per heavy atom. The molecule has 0 spiro atoms. The molecular weight excluding hydrogens is 338 g/mol. The van der Waals surface area contributed by atoms with Crippen LogP contribution in [0.25, 0.3) is 0 Å². The van der Waals surface area contributed by atoms with E-state index in [9.17, 15) is 9.59 Å². The van der Waals surface area contributed by atoms with Gasteiger partial charge in [0, 0.05) is 17.4 Å². The quantitative estimate of drug-likeness (QED) is 0.572. The van der Waals surface area contributed by atoms with Crippen molar-refractivity contribution in [2.45, 2.75) is 26.3 Å². The van der Waals surface area contributed by atoms with E-state index in [1.807, 2.05) is 6.07 Å². The standard InChI is InChI=1S/C15H20BrNO4/c1-3-21-14(18)5-4-8-17-10-12-7-6-11(9-13(12)16)15(19)20-2/h6-7,9,17H,3-5,8,10H2,1-2H3. The van der Waals surface area contributed by atoms with Gasteiger partial charge in [0.15, 0.2) is 0 Å². The minimum Gasteiger partial charge on any atom is -0.466 e. The van der Waals surface area contributed by atoms with Crippen LogP contribution in [-0.4, -0.2) is 32.2 Å². The smallest absolute Gasteiger partial charge is 0.337 e. The molecule has 0 saturated heterocycles. The fourth-order valence-corrected chi connectivity index (χ4v) is 2.27. The highest BCUT2D eigenvalue weighted by molar-refractivity contribution is 9.10. The minimum absolute atomic E-state index is 0.164. The Labute approximate surface area is 133 Å². The summed E-state index contributed by atoms with van der Waals surface area (Å²) < 4.78 is 10.4. The van der Waals surface area contributed by atoms with Crippen molar-refractivity contribution in [1.29, 1.82) is 0 Å². The zero-order chi connectivity index (χ0) is 15.7. The molecule has 0 aliphatic rings. The lowest BCUT2D eigenvalue weighted by Gasteiger charge is -2.08. The molecular formula is C15H20BrNO4. The number of nitrogens with one attached hydrogen (secondary N) is 1. The van der Waals surface area contributed by atoms with Crippen molar-refractivity contribution in [3.8, 4) is 0 Å². The van der Waals surface area contributed by atoms with Crippen LogP contribution in [0.3, 0.4) is 0 Å². The molecule has 116 valence electrons. The van der Waals surface area contributed by atoms with Crippen molar-refractivity contribution < 1.29 is 19.1 Å². The molecule has 0 radical (unpaired) electrons. The molecule has 0 heterocycles. The number of carbonyl (C=O) groups is 2. The maximum atomic E-state index is 11.4. The summed E-state index contributed by atoms with van der Waals surface area (Å²) in [5, 5.41) is 3.25. The number of carbonyl (C=O) groups excluding carboxylic acids is 2. The van der Waals surface area contributed by atoms with Gasteiger partial charge in [0.2, 0.25) is 0 Å². The summed E-state index contributed by atoms with van der Waals surface area (Å²) in [5.74, 6) is -0.521. The molecule has 21 heavy (non-hydrogen) atoms. The summed E-state index contributed by atoms with van der Waals surface area (Å²) in [6, 6.07) is 5.34. The highest BCUT2D eigenvalue weighted by atomic mass is 79.9. The summed E-state index contributed by atoms with van der Waals surface area (Å²) in [4.78, 5) is 22.5. The molecule has 0 saturated carbocycles. The first kappa shape index (κ1) is 17.7. The fourth-order valence-electron chi connectivity index (χ4n) is 1.75. The van der Waals surface area contributed by atoms with Crippen LogP contribution in [0.5, 0.6) is 0 Å². The molecule has 1 aromatic rings. The van der Waals surface area contributed by atoms with Gasteiger partial charge in [-0.25, -0.2) is 4.79 Å². The molecule has 6 heteroatoms. The Kier molecular flexibility index (Phi) is 8.00. The van der Waals surface area contributed by atoms with Crippen LogP contribution >= 0.6 is 15.9 Å². The van der Waals surface area contributed by atoms with E-state index in [0.29, 0.717) is 25.1 Å². The van der Waals surface area contributed by atoms with Crippen LogP contribution in [0.1, 0.15) is 35.7 Å². The van der Waals surface area contributed by atoms with E-state index in [0.717, 1.165) is 23.0 Å². The van der Waals surface area contributed by atoms with Crippen molar-refractivity contribution in [2.75, 3.05) is 20.3 Å². The van der Waals surface area contributed by atoms with Crippen molar-refractivity contribution in [1.82, 2.24) is 5.32 Å². The Balaban J connectivity index is 2.36. The topological polar surface area (TPSA) is 64.6 Å². The number of halogens is 1. The van der Waals surface area contributed by atoms with E-state index in [1.54, 1.807) is 19.1 Å². The van der Waals surface area contributed by atoms with Gasteiger partial charge in [-0.1, -0.05) is 22.0 Å². The van der Waals surface area contributed by atoms with Crippen molar-refractivity contribution in [2.24, 2.45) is 0 Å². The van der Waals surface area contributed by atoms with Gasteiger partial charge in [0.1, 0.15) is 0 Å². The van der Waals surface area contributed by atoms with Crippen molar-refractivity contribution >= 4 is 27.9 Å². The first-order valence-corrected chi connectivity index (χ1v) is 7.60. The van der Waals surface area contributed by atoms with E-state index >= 15 is 0 Å². The van der Waals surface area contributed by atoms with Gasteiger partial charge in [0.05, 0.1) is 19.3 Å².